The Balaban J connectivity index is 2.05. The second-order valence-corrected chi connectivity index (χ2v) is 6.17. The number of nitrogens with zero attached hydrogens (tertiary/aromatic N) is 2. The van der Waals surface area contributed by atoms with Gasteiger partial charge in [-0.05, 0) is 19.4 Å². The summed E-state index contributed by atoms with van der Waals surface area (Å²) in [5, 5.41) is 2.99. The summed E-state index contributed by atoms with van der Waals surface area (Å²) in [6.07, 6.45) is 2.56. The van der Waals surface area contributed by atoms with Crippen LogP contribution >= 0.6 is 11.3 Å². The Kier molecular flexibility index (Phi) is 5.47. The lowest BCUT2D eigenvalue weighted by molar-refractivity contribution is -0.134. The van der Waals surface area contributed by atoms with Gasteiger partial charge in [-0.3, -0.25) is 4.79 Å². The van der Waals surface area contributed by atoms with Crippen molar-refractivity contribution in [3.8, 4) is 0 Å². The van der Waals surface area contributed by atoms with Crippen molar-refractivity contribution in [2.45, 2.75) is 32.4 Å². The van der Waals surface area contributed by atoms with E-state index in [1.807, 2.05) is 54.5 Å². The van der Waals surface area contributed by atoms with Crippen LogP contribution in [0.15, 0.2) is 41.9 Å². The molecule has 5 heteroatoms. The number of rotatable bonds is 6. The molecule has 0 aliphatic rings. The molecule has 2 rings (SSSR count). The third-order valence-corrected chi connectivity index (χ3v) is 4.22. The number of hydrogen-bond donors (Lipinski definition) is 1. The SMILES string of the molecule is CC(C)N(CCc1nccs1)C(=O)[C@@H](N)c1ccccc1. The summed E-state index contributed by atoms with van der Waals surface area (Å²) in [4.78, 5) is 18.7. The normalized spacial score (nSPS) is 12.4. The molecule has 0 bridgehead atoms. The van der Waals surface area contributed by atoms with Crippen LogP contribution in [0.5, 0.6) is 0 Å². The molecule has 4 nitrogen and oxygen atoms in total. The largest absolute Gasteiger partial charge is 0.338 e. The van der Waals surface area contributed by atoms with E-state index in [-0.39, 0.29) is 11.9 Å². The van der Waals surface area contributed by atoms with Crippen LogP contribution in [0.3, 0.4) is 0 Å². The zero-order valence-electron chi connectivity index (χ0n) is 12.4. The molecule has 2 N–H and O–H groups in total. The minimum atomic E-state index is -0.607. The summed E-state index contributed by atoms with van der Waals surface area (Å²) in [7, 11) is 0. The average Bonchev–Trinajstić information content (AvgIpc) is 3.00. The molecule has 0 aliphatic carbocycles. The topological polar surface area (TPSA) is 59.2 Å². The van der Waals surface area contributed by atoms with Crippen LogP contribution < -0.4 is 5.73 Å². The fourth-order valence-corrected chi connectivity index (χ4v) is 2.81. The number of thiazole rings is 1. The molecule has 0 aliphatic heterocycles. The Morgan fingerprint density at radius 2 is 2.05 bits per heavy atom. The smallest absolute Gasteiger partial charge is 0.244 e. The van der Waals surface area contributed by atoms with Crippen molar-refractivity contribution in [1.82, 2.24) is 9.88 Å². The quantitative estimate of drug-likeness (QED) is 0.892. The molecule has 0 saturated heterocycles. The maximum atomic E-state index is 12.6. The first-order valence-corrected chi connectivity index (χ1v) is 7.97. The molecular formula is C16H21N3OS. The maximum absolute atomic E-state index is 12.6. The summed E-state index contributed by atoms with van der Waals surface area (Å²) in [6.45, 7) is 4.67. The van der Waals surface area contributed by atoms with Gasteiger partial charge in [-0.25, -0.2) is 4.98 Å². The summed E-state index contributed by atoms with van der Waals surface area (Å²) in [5.41, 5.74) is 6.97. The first kappa shape index (κ1) is 15.7. The summed E-state index contributed by atoms with van der Waals surface area (Å²) >= 11 is 1.61. The van der Waals surface area contributed by atoms with Gasteiger partial charge in [0, 0.05) is 30.6 Å². The highest BCUT2D eigenvalue weighted by Crippen LogP contribution is 2.16. The van der Waals surface area contributed by atoms with Gasteiger partial charge in [0.05, 0.1) is 5.01 Å². The van der Waals surface area contributed by atoms with Gasteiger partial charge in [0.25, 0.3) is 0 Å². The summed E-state index contributed by atoms with van der Waals surface area (Å²) in [6, 6.07) is 9.01. The number of carbonyl (C=O) groups is 1. The Morgan fingerprint density at radius 3 is 2.62 bits per heavy atom. The van der Waals surface area contributed by atoms with Gasteiger partial charge in [0.15, 0.2) is 0 Å². The van der Waals surface area contributed by atoms with E-state index in [9.17, 15) is 4.79 Å². The van der Waals surface area contributed by atoms with Crippen LogP contribution in [-0.2, 0) is 11.2 Å². The number of benzene rings is 1. The van der Waals surface area contributed by atoms with E-state index < -0.39 is 6.04 Å². The van der Waals surface area contributed by atoms with E-state index in [2.05, 4.69) is 4.98 Å². The highest BCUT2D eigenvalue weighted by Gasteiger charge is 2.24. The standard InChI is InChI=1S/C16H21N3OS/c1-12(2)19(10-8-14-18-9-11-21-14)16(20)15(17)13-6-4-3-5-7-13/h3-7,9,11-12,15H,8,10,17H2,1-2H3/t15-/m0/s1. The number of amides is 1. The number of aromatic nitrogens is 1. The minimum Gasteiger partial charge on any atom is -0.338 e. The second-order valence-electron chi connectivity index (χ2n) is 5.19. The van der Waals surface area contributed by atoms with Gasteiger partial charge >= 0.3 is 0 Å². The van der Waals surface area contributed by atoms with Crippen LogP contribution in [0.1, 0.15) is 30.5 Å². The number of carbonyl (C=O) groups excluding carboxylic acids is 1. The highest BCUT2D eigenvalue weighted by molar-refractivity contribution is 7.09. The van der Waals surface area contributed by atoms with Gasteiger partial charge < -0.3 is 10.6 Å². The van der Waals surface area contributed by atoms with E-state index in [1.54, 1.807) is 17.5 Å². The zero-order valence-corrected chi connectivity index (χ0v) is 13.2. The number of hydrogen-bond acceptors (Lipinski definition) is 4. The molecule has 1 atom stereocenters. The van der Waals surface area contributed by atoms with Crippen LogP contribution in [0, 0.1) is 0 Å². The molecule has 0 unspecified atom stereocenters. The summed E-state index contributed by atoms with van der Waals surface area (Å²) < 4.78 is 0. The van der Waals surface area contributed by atoms with Crippen LogP contribution in [0.4, 0.5) is 0 Å². The van der Waals surface area contributed by atoms with E-state index in [4.69, 9.17) is 5.73 Å². The minimum absolute atomic E-state index is 0.0345. The van der Waals surface area contributed by atoms with Crippen LogP contribution in [0.25, 0.3) is 0 Å². The lowest BCUT2D eigenvalue weighted by Crippen LogP contribution is -2.43. The zero-order chi connectivity index (χ0) is 15.2. The van der Waals surface area contributed by atoms with Gasteiger partial charge in [-0.1, -0.05) is 30.3 Å². The van der Waals surface area contributed by atoms with Crippen molar-refractivity contribution in [2.75, 3.05) is 6.54 Å². The molecule has 1 aromatic carbocycles. The first-order chi connectivity index (χ1) is 10.1. The van der Waals surface area contributed by atoms with Crippen molar-refractivity contribution in [1.29, 1.82) is 0 Å². The van der Waals surface area contributed by atoms with Gasteiger partial charge in [0.2, 0.25) is 5.91 Å². The average molecular weight is 303 g/mol. The predicted octanol–water partition coefficient (Wildman–Crippen LogP) is 2.62. The lowest BCUT2D eigenvalue weighted by Gasteiger charge is -2.29. The Morgan fingerprint density at radius 1 is 1.33 bits per heavy atom. The molecule has 1 aromatic heterocycles. The number of nitrogens with two attached hydrogens (primary N) is 1. The third-order valence-electron chi connectivity index (χ3n) is 3.38. The van der Waals surface area contributed by atoms with Crippen molar-refractivity contribution in [3.05, 3.63) is 52.5 Å². The fourth-order valence-electron chi connectivity index (χ4n) is 2.20. The van der Waals surface area contributed by atoms with Crippen LogP contribution in [-0.4, -0.2) is 28.4 Å². The van der Waals surface area contributed by atoms with Gasteiger partial charge in [-0.2, -0.15) is 0 Å². The van der Waals surface area contributed by atoms with E-state index >= 15 is 0 Å². The molecule has 1 heterocycles. The van der Waals surface area contributed by atoms with Crippen molar-refractivity contribution in [3.63, 3.8) is 0 Å². The maximum Gasteiger partial charge on any atom is 0.244 e. The van der Waals surface area contributed by atoms with Crippen molar-refractivity contribution >= 4 is 17.2 Å². The van der Waals surface area contributed by atoms with Crippen molar-refractivity contribution < 1.29 is 4.79 Å². The molecular weight excluding hydrogens is 282 g/mol. The molecule has 112 valence electrons. The van der Waals surface area contributed by atoms with E-state index in [0.29, 0.717) is 6.54 Å². The molecule has 0 spiro atoms. The molecule has 0 saturated carbocycles. The van der Waals surface area contributed by atoms with Crippen molar-refractivity contribution in [2.24, 2.45) is 5.73 Å². The second kappa shape index (κ2) is 7.33. The third kappa shape index (κ3) is 4.12. The van der Waals surface area contributed by atoms with E-state index in [1.165, 1.54) is 0 Å². The van der Waals surface area contributed by atoms with E-state index in [0.717, 1.165) is 17.0 Å². The Bertz CT molecular complexity index is 554. The summed E-state index contributed by atoms with van der Waals surface area (Å²) in [5.74, 6) is -0.0345. The molecule has 0 fully saturated rings. The molecule has 2 aromatic rings. The highest BCUT2D eigenvalue weighted by atomic mass is 32.1. The van der Waals surface area contributed by atoms with Crippen LogP contribution in [0.2, 0.25) is 0 Å². The molecule has 0 radical (unpaired) electrons. The predicted molar refractivity (Wildman–Crippen MR) is 86.0 cm³/mol. The molecule has 1 amide bonds. The Labute approximate surface area is 129 Å². The van der Waals surface area contributed by atoms with Gasteiger partial charge in [-0.15, -0.1) is 11.3 Å². The molecule has 21 heavy (non-hydrogen) atoms. The fraction of sp³-hybridized carbons (Fsp3) is 0.375. The lowest BCUT2D eigenvalue weighted by atomic mass is 10.1. The van der Waals surface area contributed by atoms with Gasteiger partial charge in [0.1, 0.15) is 6.04 Å². The first-order valence-electron chi connectivity index (χ1n) is 7.09. The monoisotopic (exact) mass is 303 g/mol. The Hall–Kier alpha value is -1.72.